The number of nitrogens with zero attached hydrogens (tertiary/aromatic N) is 1. The van der Waals surface area contributed by atoms with Crippen molar-refractivity contribution in [3.05, 3.63) is 36.9 Å². The Bertz CT molecular complexity index is 378. The lowest BCUT2D eigenvalue weighted by molar-refractivity contribution is -0.385. The van der Waals surface area contributed by atoms with Gasteiger partial charge in [0.05, 0.1) is 10.5 Å². The minimum Gasteiger partial charge on any atom is -0.366 e. The SMILES string of the molecule is Cc1c([N+](=O)[O-])ccc(C(N)=O)c1I. The number of hydrogen-bond acceptors (Lipinski definition) is 3. The van der Waals surface area contributed by atoms with Gasteiger partial charge in [-0.25, -0.2) is 0 Å². The van der Waals surface area contributed by atoms with Gasteiger partial charge in [0.2, 0.25) is 5.91 Å². The van der Waals surface area contributed by atoms with E-state index >= 15 is 0 Å². The van der Waals surface area contributed by atoms with Gasteiger partial charge in [-0.15, -0.1) is 0 Å². The molecule has 0 heterocycles. The fraction of sp³-hybridized carbons (Fsp3) is 0.125. The molecule has 5 nitrogen and oxygen atoms in total. The standard InChI is InChI=1S/C8H7IN2O3/c1-4-6(11(13)14)3-2-5(7(4)9)8(10)12/h2-3H,1H3,(H2,10,12). The number of hydrogen-bond donors (Lipinski definition) is 1. The monoisotopic (exact) mass is 306 g/mol. The number of nitrogens with two attached hydrogens (primary N) is 1. The quantitative estimate of drug-likeness (QED) is 0.511. The van der Waals surface area contributed by atoms with Gasteiger partial charge in [0.15, 0.2) is 0 Å². The topological polar surface area (TPSA) is 86.2 Å². The van der Waals surface area contributed by atoms with Crippen LogP contribution in [-0.2, 0) is 0 Å². The van der Waals surface area contributed by atoms with E-state index in [0.717, 1.165) is 0 Å². The maximum absolute atomic E-state index is 10.9. The summed E-state index contributed by atoms with van der Waals surface area (Å²) < 4.78 is 0.532. The molecule has 0 spiro atoms. The highest BCUT2D eigenvalue weighted by Gasteiger charge is 2.17. The smallest absolute Gasteiger partial charge is 0.273 e. The Labute approximate surface area is 93.6 Å². The zero-order valence-electron chi connectivity index (χ0n) is 7.28. The third kappa shape index (κ3) is 1.84. The molecule has 0 aliphatic carbocycles. The second kappa shape index (κ2) is 3.91. The number of nitro groups is 1. The van der Waals surface area contributed by atoms with Gasteiger partial charge in [-0.2, -0.15) is 0 Å². The molecule has 0 aliphatic heterocycles. The molecule has 0 saturated carbocycles. The van der Waals surface area contributed by atoms with E-state index in [0.29, 0.717) is 14.7 Å². The zero-order valence-corrected chi connectivity index (χ0v) is 9.44. The molecular weight excluding hydrogens is 299 g/mol. The molecule has 0 saturated heterocycles. The van der Waals surface area contributed by atoms with Crippen LogP contribution in [0, 0.1) is 20.6 Å². The molecule has 0 unspecified atom stereocenters. The lowest BCUT2D eigenvalue weighted by Gasteiger charge is -2.03. The van der Waals surface area contributed by atoms with Crippen molar-refractivity contribution in [2.24, 2.45) is 5.73 Å². The second-order valence-electron chi connectivity index (χ2n) is 2.69. The molecule has 0 aromatic heterocycles. The summed E-state index contributed by atoms with van der Waals surface area (Å²) in [5.74, 6) is -0.576. The van der Waals surface area contributed by atoms with Crippen molar-refractivity contribution in [3.8, 4) is 0 Å². The molecule has 0 fully saturated rings. The number of nitro benzene ring substituents is 1. The lowest BCUT2D eigenvalue weighted by atomic mass is 10.1. The average molecular weight is 306 g/mol. The summed E-state index contributed by atoms with van der Waals surface area (Å²) in [6.07, 6.45) is 0. The summed E-state index contributed by atoms with van der Waals surface area (Å²) in [5.41, 5.74) is 5.87. The zero-order chi connectivity index (χ0) is 10.9. The summed E-state index contributed by atoms with van der Waals surface area (Å²) in [4.78, 5) is 21.0. The summed E-state index contributed by atoms with van der Waals surface area (Å²) >= 11 is 1.87. The van der Waals surface area contributed by atoms with Crippen LogP contribution in [0.25, 0.3) is 0 Å². The van der Waals surface area contributed by atoms with Gasteiger partial charge < -0.3 is 5.73 Å². The Morgan fingerprint density at radius 3 is 2.57 bits per heavy atom. The minimum absolute atomic E-state index is 0.000556. The van der Waals surface area contributed by atoms with Crippen LogP contribution in [0.15, 0.2) is 12.1 Å². The molecule has 1 aromatic carbocycles. The molecule has 1 rings (SSSR count). The first-order chi connectivity index (χ1) is 6.45. The van der Waals surface area contributed by atoms with Crippen molar-refractivity contribution in [3.63, 3.8) is 0 Å². The van der Waals surface area contributed by atoms with E-state index in [9.17, 15) is 14.9 Å². The highest BCUT2D eigenvalue weighted by atomic mass is 127. The molecule has 0 aliphatic rings. The van der Waals surface area contributed by atoms with Crippen LogP contribution >= 0.6 is 22.6 Å². The first-order valence-corrected chi connectivity index (χ1v) is 4.76. The highest BCUT2D eigenvalue weighted by Crippen LogP contribution is 2.25. The van der Waals surface area contributed by atoms with Crippen LogP contribution in [-0.4, -0.2) is 10.8 Å². The molecule has 14 heavy (non-hydrogen) atoms. The molecule has 2 N–H and O–H groups in total. The van der Waals surface area contributed by atoms with E-state index in [1.165, 1.54) is 12.1 Å². The Morgan fingerprint density at radius 2 is 2.14 bits per heavy atom. The highest BCUT2D eigenvalue weighted by molar-refractivity contribution is 14.1. The van der Waals surface area contributed by atoms with Crippen LogP contribution in [0.2, 0.25) is 0 Å². The van der Waals surface area contributed by atoms with Crippen LogP contribution < -0.4 is 5.73 Å². The number of primary amides is 1. The van der Waals surface area contributed by atoms with Crippen molar-refractivity contribution in [1.29, 1.82) is 0 Å². The van der Waals surface area contributed by atoms with Gasteiger partial charge >= 0.3 is 0 Å². The maximum atomic E-state index is 10.9. The predicted molar refractivity (Wildman–Crippen MR) is 59.1 cm³/mol. The number of carbonyl (C=O) groups is 1. The van der Waals surface area contributed by atoms with E-state index < -0.39 is 10.8 Å². The van der Waals surface area contributed by atoms with Crippen molar-refractivity contribution in [2.45, 2.75) is 6.92 Å². The molecule has 6 heteroatoms. The largest absolute Gasteiger partial charge is 0.366 e. The first-order valence-electron chi connectivity index (χ1n) is 3.68. The van der Waals surface area contributed by atoms with E-state index in [-0.39, 0.29) is 5.69 Å². The normalized spacial score (nSPS) is 9.86. The van der Waals surface area contributed by atoms with Crippen LogP contribution in [0.3, 0.4) is 0 Å². The van der Waals surface area contributed by atoms with Crippen molar-refractivity contribution >= 4 is 34.2 Å². The number of amides is 1. The fourth-order valence-electron chi connectivity index (χ4n) is 1.06. The van der Waals surface area contributed by atoms with Crippen molar-refractivity contribution < 1.29 is 9.72 Å². The predicted octanol–water partition coefficient (Wildman–Crippen LogP) is 1.61. The fourth-order valence-corrected chi connectivity index (χ4v) is 1.78. The number of benzene rings is 1. The summed E-state index contributed by atoms with van der Waals surface area (Å²) in [7, 11) is 0. The Kier molecular flexibility index (Phi) is 3.04. The lowest BCUT2D eigenvalue weighted by Crippen LogP contribution is -2.13. The van der Waals surface area contributed by atoms with Gasteiger partial charge in [0.25, 0.3) is 5.69 Å². The number of carbonyl (C=O) groups excluding carboxylic acids is 1. The van der Waals surface area contributed by atoms with Gasteiger partial charge in [0.1, 0.15) is 0 Å². The number of rotatable bonds is 2. The molecule has 0 bridgehead atoms. The average Bonchev–Trinajstić information content (AvgIpc) is 2.08. The van der Waals surface area contributed by atoms with Crippen molar-refractivity contribution in [1.82, 2.24) is 0 Å². The Hall–Kier alpha value is -1.18. The van der Waals surface area contributed by atoms with Crippen molar-refractivity contribution in [2.75, 3.05) is 0 Å². The van der Waals surface area contributed by atoms with Gasteiger partial charge in [0, 0.05) is 15.2 Å². The summed E-state index contributed by atoms with van der Waals surface area (Å²) in [5, 5.41) is 10.5. The van der Waals surface area contributed by atoms with Gasteiger partial charge in [-0.1, -0.05) is 0 Å². The summed E-state index contributed by atoms with van der Waals surface area (Å²) in [6.45, 7) is 1.59. The molecule has 0 atom stereocenters. The van der Waals surface area contributed by atoms with E-state index in [1.807, 2.05) is 22.6 Å². The molecular formula is C8H7IN2O3. The first kappa shape index (κ1) is 10.9. The molecule has 74 valence electrons. The van der Waals surface area contributed by atoms with E-state index in [4.69, 9.17) is 5.73 Å². The second-order valence-corrected chi connectivity index (χ2v) is 3.77. The number of halogens is 1. The third-order valence-corrected chi connectivity index (χ3v) is 3.21. The van der Waals surface area contributed by atoms with Crippen LogP contribution in [0.4, 0.5) is 5.69 Å². The van der Waals surface area contributed by atoms with Crippen LogP contribution in [0.1, 0.15) is 15.9 Å². The summed E-state index contributed by atoms with van der Waals surface area (Å²) in [6, 6.07) is 2.66. The van der Waals surface area contributed by atoms with Gasteiger partial charge in [-0.05, 0) is 35.6 Å². The van der Waals surface area contributed by atoms with Crippen LogP contribution in [0.5, 0.6) is 0 Å². The third-order valence-electron chi connectivity index (χ3n) is 1.82. The minimum atomic E-state index is -0.576. The molecule has 1 aromatic rings. The Morgan fingerprint density at radius 1 is 1.57 bits per heavy atom. The molecule has 1 amide bonds. The van der Waals surface area contributed by atoms with E-state index in [2.05, 4.69) is 0 Å². The molecule has 0 radical (unpaired) electrons. The van der Waals surface area contributed by atoms with Gasteiger partial charge in [-0.3, -0.25) is 14.9 Å². The maximum Gasteiger partial charge on any atom is 0.273 e. The van der Waals surface area contributed by atoms with E-state index in [1.54, 1.807) is 6.92 Å². The Balaban J connectivity index is 3.41.